The monoisotopic (exact) mass is 161 g/mol. The molecule has 2 rings (SSSR count). The van der Waals surface area contributed by atoms with E-state index in [0.29, 0.717) is 17.9 Å². The second-order valence-electron chi connectivity index (χ2n) is 3.08. The summed E-state index contributed by atoms with van der Waals surface area (Å²) in [5.41, 5.74) is 0. The van der Waals surface area contributed by atoms with E-state index >= 15 is 0 Å². The molecule has 0 aromatic carbocycles. The van der Waals surface area contributed by atoms with Gasteiger partial charge in [0.15, 0.2) is 0 Å². The topological polar surface area (TPSA) is 29.1 Å². The molecule has 2 atom stereocenters. The molecule has 0 radical (unpaired) electrons. The molecule has 2 saturated heterocycles. The van der Waals surface area contributed by atoms with E-state index in [1.54, 1.807) is 0 Å². The lowest BCUT2D eigenvalue weighted by atomic mass is 10.1. The number of halogens is 1. The van der Waals surface area contributed by atoms with Crippen molar-refractivity contribution in [2.75, 3.05) is 0 Å². The predicted octanol–water partition coefficient (Wildman–Crippen LogP) is 0.892. The lowest BCUT2D eigenvalue weighted by molar-refractivity contribution is -0.120. The Balaban J connectivity index is 0.000000500. The Morgan fingerprint density at radius 1 is 1.20 bits per heavy atom. The summed E-state index contributed by atoms with van der Waals surface area (Å²) in [7, 11) is 0. The van der Waals surface area contributed by atoms with Gasteiger partial charge in [-0.3, -0.25) is 4.79 Å². The highest BCUT2D eigenvalue weighted by molar-refractivity contribution is 5.85. The highest BCUT2D eigenvalue weighted by atomic mass is 35.5. The number of nitrogens with one attached hydrogen (secondary N) is 1. The predicted molar refractivity (Wildman–Crippen MR) is 41.4 cm³/mol. The van der Waals surface area contributed by atoms with Crippen molar-refractivity contribution in [2.24, 2.45) is 0 Å². The molecule has 2 aliphatic heterocycles. The first kappa shape index (κ1) is 8.02. The second kappa shape index (κ2) is 2.89. The molecular formula is C7H12ClNO. The molecule has 2 aliphatic rings. The van der Waals surface area contributed by atoms with Gasteiger partial charge in [-0.1, -0.05) is 0 Å². The number of fused-ring (bicyclic) bond motifs is 2. The van der Waals surface area contributed by atoms with Gasteiger partial charge in [0.1, 0.15) is 5.78 Å². The number of carbonyl (C=O) groups excluding carboxylic acids is 1. The smallest absolute Gasteiger partial charge is 0.136 e. The van der Waals surface area contributed by atoms with Crippen LogP contribution in [-0.2, 0) is 4.79 Å². The van der Waals surface area contributed by atoms with Crippen LogP contribution in [0, 0.1) is 0 Å². The van der Waals surface area contributed by atoms with Crippen LogP contribution in [0.2, 0.25) is 0 Å². The van der Waals surface area contributed by atoms with E-state index in [4.69, 9.17) is 0 Å². The number of hydrogen-bond acceptors (Lipinski definition) is 2. The van der Waals surface area contributed by atoms with Gasteiger partial charge in [-0.15, -0.1) is 12.4 Å². The third-order valence-corrected chi connectivity index (χ3v) is 2.28. The van der Waals surface area contributed by atoms with E-state index in [-0.39, 0.29) is 12.4 Å². The summed E-state index contributed by atoms with van der Waals surface area (Å²) in [4.78, 5) is 10.9. The Morgan fingerprint density at radius 2 is 1.70 bits per heavy atom. The number of Topliss-reactive ketones (excluding diaryl/α,β-unsaturated/α-hetero) is 1. The fourth-order valence-corrected chi connectivity index (χ4v) is 1.86. The summed E-state index contributed by atoms with van der Waals surface area (Å²) < 4.78 is 0. The molecule has 0 saturated carbocycles. The Morgan fingerprint density at radius 3 is 2.20 bits per heavy atom. The molecule has 0 aromatic rings. The molecule has 1 N–H and O–H groups in total. The van der Waals surface area contributed by atoms with Crippen molar-refractivity contribution in [2.45, 2.75) is 37.8 Å². The Kier molecular flexibility index (Phi) is 2.32. The van der Waals surface area contributed by atoms with Crippen LogP contribution in [0.4, 0.5) is 0 Å². The Labute approximate surface area is 66.8 Å². The molecule has 2 fully saturated rings. The third kappa shape index (κ3) is 1.32. The summed E-state index contributed by atoms with van der Waals surface area (Å²) in [5.74, 6) is 0.459. The van der Waals surface area contributed by atoms with Crippen molar-refractivity contribution >= 4 is 18.2 Å². The standard InChI is InChI=1S/C7H11NO.ClH/c9-7-3-5-1-2-6(4-7)8-5;/h5-6,8H,1-4H2;1H/t5-,6-;/m0./s1. The molecule has 10 heavy (non-hydrogen) atoms. The zero-order chi connectivity index (χ0) is 6.27. The average Bonchev–Trinajstić information content (AvgIpc) is 2.11. The number of carbonyl (C=O) groups is 1. The van der Waals surface area contributed by atoms with Crippen molar-refractivity contribution in [3.8, 4) is 0 Å². The highest BCUT2D eigenvalue weighted by Crippen LogP contribution is 2.23. The maximum absolute atomic E-state index is 10.9. The zero-order valence-electron chi connectivity index (χ0n) is 5.80. The third-order valence-electron chi connectivity index (χ3n) is 2.28. The van der Waals surface area contributed by atoms with Crippen molar-refractivity contribution in [1.29, 1.82) is 0 Å². The molecule has 0 amide bonds. The number of hydrogen-bond donors (Lipinski definition) is 1. The lowest BCUT2D eigenvalue weighted by Gasteiger charge is -2.18. The first-order valence-electron chi connectivity index (χ1n) is 3.62. The Hall–Kier alpha value is -0.0800. The fourth-order valence-electron chi connectivity index (χ4n) is 1.86. The molecule has 2 bridgehead atoms. The SMILES string of the molecule is Cl.O=C1C[C@@H]2CC[C@@H](C1)N2. The minimum Gasteiger partial charge on any atom is -0.310 e. The van der Waals surface area contributed by atoms with Crippen LogP contribution < -0.4 is 5.32 Å². The van der Waals surface area contributed by atoms with Crippen LogP contribution in [0.5, 0.6) is 0 Å². The average molecular weight is 162 g/mol. The number of rotatable bonds is 0. The molecular weight excluding hydrogens is 150 g/mol. The zero-order valence-corrected chi connectivity index (χ0v) is 6.62. The first-order valence-corrected chi connectivity index (χ1v) is 3.62. The largest absolute Gasteiger partial charge is 0.310 e. The fraction of sp³-hybridized carbons (Fsp3) is 0.857. The van der Waals surface area contributed by atoms with Crippen LogP contribution >= 0.6 is 12.4 Å². The molecule has 58 valence electrons. The van der Waals surface area contributed by atoms with Gasteiger partial charge in [-0.2, -0.15) is 0 Å². The maximum Gasteiger partial charge on any atom is 0.136 e. The van der Waals surface area contributed by atoms with Crippen molar-refractivity contribution in [1.82, 2.24) is 5.32 Å². The van der Waals surface area contributed by atoms with Crippen LogP contribution in [0.3, 0.4) is 0 Å². The summed E-state index contributed by atoms with van der Waals surface area (Å²) >= 11 is 0. The van der Waals surface area contributed by atoms with Gasteiger partial charge in [0.25, 0.3) is 0 Å². The molecule has 0 spiro atoms. The molecule has 0 aromatic heterocycles. The van der Waals surface area contributed by atoms with Gasteiger partial charge in [0.2, 0.25) is 0 Å². The van der Waals surface area contributed by atoms with E-state index in [0.717, 1.165) is 12.8 Å². The minimum absolute atomic E-state index is 0. The van der Waals surface area contributed by atoms with Gasteiger partial charge in [0, 0.05) is 24.9 Å². The molecule has 2 nitrogen and oxygen atoms in total. The van der Waals surface area contributed by atoms with Gasteiger partial charge in [-0.05, 0) is 12.8 Å². The summed E-state index contributed by atoms with van der Waals surface area (Å²) in [6, 6.07) is 1.08. The molecule has 3 heteroatoms. The van der Waals surface area contributed by atoms with Crippen molar-refractivity contribution in [3.05, 3.63) is 0 Å². The highest BCUT2D eigenvalue weighted by Gasteiger charge is 2.31. The van der Waals surface area contributed by atoms with Gasteiger partial charge < -0.3 is 5.32 Å². The van der Waals surface area contributed by atoms with Crippen LogP contribution in [0.15, 0.2) is 0 Å². The summed E-state index contributed by atoms with van der Waals surface area (Å²) in [5, 5.41) is 3.40. The van der Waals surface area contributed by atoms with E-state index < -0.39 is 0 Å². The summed E-state index contributed by atoms with van der Waals surface area (Å²) in [6.07, 6.45) is 4.01. The van der Waals surface area contributed by atoms with E-state index in [1.165, 1.54) is 12.8 Å². The first-order chi connectivity index (χ1) is 4.34. The van der Waals surface area contributed by atoms with Gasteiger partial charge >= 0.3 is 0 Å². The minimum atomic E-state index is 0. The number of piperidine rings is 1. The molecule has 0 unspecified atom stereocenters. The molecule has 2 heterocycles. The maximum atomic E-state index is 10.9. The lowest BCUT2D eigenvalue weighted by Crippen LogP contribution is -2.38. The van der Waals surface area contributed by atoms with Crippen molar-refractivity contribution in [3.63, 3.8) is 0 Å². The van der Waals surface area contributed by atoms with Crippen LogP contribution in [-0.4, -0.2) is 17.9 Å². The Bertz CT molecular complexity index is 135. The second-order valence-corrected chi connectivity index (χ2v) is 3.08. The quantitative estimate of drug-likeness (QED) is 0.572. The van der Waals surface area contributed by atoms with E-state index in [1.807, 2.05) is 0 Å². The number of ketones is 1. The van der Waals surface area contributed by atoms with Crippen LogP contribution in [0.25, 0.3) is 0 Å². The van der Waals surface area contributed by atoms with E-state index in [9.17, 15) is 4.79 Å². The normalized spacial score (nSPS) is 37.4. The van der Waals surface area contributed by atoms with Gasteiger partial charge in [-0.25, -0.2) is 0 Å². The van der Waals surface area contributed by atoms with Gasteiger partial charge in [0.05, 0.1) is 0 Å². The van der Waals surface area contributed by atoms with Crippen LogP contribution in [0.1, 0.15) is 25.7 Å². The van der Waals surface area contributed by atoms with Crippen molar-refractivity contribution < 1.29 is 4.79 Å². The summed E-state index contributed by atoms with van der Waals surface area (Å²) in [6.45, 7) is 0. The van der Waals surface area contributed by atoms with E-state index in [2.05, 4.69) is 5.32 Å². The molecule has 0 aliphatic carbocycles.